The van der Waals surface area contributed by atoms with Crippen LogP contribution in [0.2, 0.25) is 5.02 Å². The van der Waals surface area contributed by atoms with Crippen molar-refractivity contribution >= 4 is 40.4 Å². The molecule has 108 valence electrons. The second-order valence-corrected chi connectivity index (χ2v) is 5.86. The molecule has 6 heteroatoms. The van der Waals surface area contributed by atoms with Crippen molar-refractivity contribution in [3.63, 3.8) is 0 Å². The Hall–Kier alpha value is -1.33. The van der Waals surface area contributed by atoms with E-state index < -0.39 is 0 Å². The molecule has 3 N–H and O–H groups in total. The number of carbonyl (C=O) groups excluding carboxylic acids is 1. The number of rotatable bonds is 3. The standard InChI is InChI=1S/C14H18ClN3OS/c1-9(19)17-11-4-6-18(7-5-11)13-3-2-10(15)8-12(13)14(16)20/h2-3,8,11H,4-7H2,1H3,(H2,16,20)(H,17,19). The Morgan fingerprint density at radius 2 is 2.10 bits per heavy atom. The van der Waals surface area contributed by atoms with Crippen LogP contribution < -0.4 is 16.0 Å². The molecule has 1 fully saturated rings. The Bertz CT molecular complexity index is 527. The Morgan fingerprint density at radius 3 is 2.65 bits per heavy atom. The summed E-state index contributed by atoms with van der Waals surface area (Å²) >= 11 is 11.1. The zero-order valence-corrected chi connectivity index (χ0v) is 12.9. The van der Waals surface area contributed by atoms with Gasteiger partial charge in [0.05, 0.1) is 0 Å². The smallest absolute Gasteiger partial charge is 0.217 e. The first-order valence-electron chi connectivity index (χ1n) is 6.59. The van der Waals surface area contributed by atoms with E-state index in [0.29, 0.717) is 10.0 Å². The summed E-state index contributed by atoms with van der Waals surface area (Å²) in [6.45, 7) is 3.28. The van der Waals surface area contributed by atoms with Crippen molar-refractivity contribution in [2.45, 2.75) is 25.8 Å². The zero-order valence-electron chi connectivity index (χ0n) is 11.4. The largest absolute Gasteiger partial charge is 0.389 e. The fourth-order valence-electron chi connectivity index (χ4n) is 2.53. The van der Waals surface area contributed by atoms with Crippen molar-refractivity contribution < 1.29 is 4.79 Å². The highest BCUT2D eigenvalue weighted by atomic mass is 35.5. The quantitative estimate of drug-likeness (QED) is 0.839. The lowest BCUT2D eigenvalue weighted by molar-refractivity contribution is -0.119. The van der Waals surface area contributed by atoms with Gasteiger partial charge in [0, 0.05) is 42.3 Å². The summed E-state index contributed by atoms with van der Waals surface area (Å²) in [5, 5.41) is 3.59. The second-order valence-electron chi connectivity index (χ2n) is 4.99. The summed E-state index contributed by atoms with van der Waals surface area (Å²) in [4.78, 5) is 13.7. The van der Waals surface area contributed by atoms with Gasteiger partial charge >= 0.3 is 0 Å². The molecule has 1 aliphatic rings. The SMILES string of the molecule is CC(=O)NC1CCN(c2ccc(Cl)cc2C(N)=S)CC1. The maximum atomic E-state index is 11.1. The number of halogens is 1. The van der Waals surface area contributed by atoms with Crippen molar-refractivity contribution in [3.05, 3.63) is 28.8 Å². The van der Waals surface area contributed by atoms with Crippen molar-refractivity contribution in [3.8, 4) is 0 Å². The number of hydrogen-bond acceptors (Lipinski definition) is 3. The van der Waals surface area contributed by atoms with E-state index in [1.807, 2.05) is 12.1 Å². The third kappa shape index (κ3) is 3.61. The molecule has 20 heavy (non-hydrogen) atoms. The Labute approximate surface area is 129 Å². The fourth-order valence-corrected chi connectivity index (χ4v) is 2.87. The molecule has 1 aromatic rings. The first kappa shape index (κ1) is 15.1. The van der Waals surface area contributed by atoms with Crippen LogP contribution in [0.15, 0.2) is 18.2 Å². The molecule has 0 unspecified atom stereocenters. The molecule has 1 amide bonds. The minimum absolute atomic E-state index is 0.0266. The minimum Gasteiger partial charge on any atom is -0.389 e. The fraction of sp³-hybridized carbons (Fsp3) is 0.429. The van der Waals surface area contributed by atoms with Crippen LogP contribution in [0.4, 0.5) is 5.69 Å². The molecule has 2 rings (SSSR count). The minimum atomic E-state index is 0.0266. The van der Waals surface area contributed by atoms with Gasteiger partial charge in [-0.2, -0.15) is 0 Å². The summed E-state index contributed by atoms with van der Waals surface area (Å²) in [7, 11) is 0. The topological polar surface area (TPSA) is 58.4 Å². The number of amides is 1. The number of piperidine rings is 1. The van der Waals surface area contributed by atoms with Crippen LogP contribution in [-0.2, 0) is 4.79 Å². The van der Waals surface area contributed by atoms with Crippen LogP contribution in [0, 0.1) is 0 Å². The lowest BCUT2D eigenvalue weighted by atomic mass is 10.0. The molecule has 1 heterocycles. The summed E-state index contributed by atoms with van der Waals surface area (Å²) in [6, 6.07) is 5.86. The molecular formula is C14H18ClN3OS. The molecule has 0 aromatic heterocycles. The molecular weight excluding hydrogens is 294 g/mol. The van der Waals surface area contributed by atoms with Gasteiger partial charge in [-0.05, 0) is 31.0 Å². The van der Waals surface area contributed by atoms with E-state index in [4.69, 9.17) is 29.6 Å². The van der Waals surface area contributed by atoms with Crippen molar-refractivity contribution in [1.82, 2.24) is 5.32 Å². The second kappa shape index (κ2) is 6.41. The Balaban J connectivity index is 2.11. The first-order chi connectivity index (χ1) is 9.47. The van der Waals surface area contributed by atoms with Gasteiger partial charge in [-0.15, -0.1) is 0 Å². The van der Waals surface area contributed by atoms with Crippen LogP contribution in [0.1, 0.15) is 25.3 Å². The molecule has 1 aromatic carbocycles. The van der Waals surface area contributed by atoms with Crippen LogP contribution >= 0.6 is 23.8 Å². The van der Waals surface area contributed by atoms with E-state index in [0.717, 1.165) is 37.2 Å². The number of benzene rings is 1. The molecule has 4 nitrogen and oxygen atoms in total. The third-order valence-electron chi connectivity index (χ3n) is 3.47. The lowest BCUT2D eigenvalue weighted by Gasteiger charge is -2.34. The van der Waals surface area contributed by atoms with E-state index in [2.05, 4.69) is 10.2 Å². The van der Waals surface area contributed by atoms with E-state index in [9.17, 15) is 4.79 Å². The highest BCUT2D eigenvalue weighted by Gasteiger charge is 2.22. The monoisotopic (exact) mass is 311 g/mol. The Kier molecular flexibility index (Phi) is 4.83. The van der Waals surface area contributed by atoms with Gasteiger partial charge in [-0.3, -0.25) is 4.79 Å². The molecule has 0 saturated carbocycles. The number of carbonyl (C=O) groups is 1. The zero-order chi connectivity index (χ0) is 14.7. The lowest BCUT2D eigenvalue weighted by Crippen LogP contribution is -2.44. The van der Waals surface area contributed by atoms with Gasteiger partial charge in [0.1, 0.15) is 4.99 Å². The summed E-state index contributed by atoms with van der Waals surface area (Å²) < 4.78 is 0. The molecule has 0 atom stereocenters. The highest BCUT2D eigenvalue weighted by molar-refractivity contribution is 7.80. The van der Waals surface area contributed by atoms with Crippen molar-refractivity contribution in [2.24, 2.45) is 5.73 Å². The van der Waals surface area contributed by atoms with Crippen LogP contribution in [-0.4, -0.2) is 30.0 Å². The predicted molar refractivity (Wildman–Crippen MR) is 86.4 cm³/mol. The molecule has 1 saturated heterocycles. The van der Waals surface area contributed by atoms with Gasteiger partial charge in [0.15, 0.2) is 0 Å². The van der Waals surface area contributed by atoms with E-state index in [1.165, 1.54) is 0 Å². The predicted octanol–water partition coefficient (Wildman–Crippen LogP) is 2.08. The van der Waals surface area contributed by atoms with E-state index in [1.54, 1.807) is 13.0 Å². The van der Waals surface area contributed by atoms with Crippen LogP contribution in [0.3, 0.4) is 0 Å². The average molecular weight is 312 g/mol. The highest BCUT2D eigenvalue weighted by Crippen LogP contribution is 2.27. The van der Waals surface area contributed by atoms with E-state index in [-0.39, 0.29) is 11.9 Å². The van der Waals surface area contributed by atoms with Gasteiger partial charge in [-0.1, -0.05) is 23.8 Å². The number of anilines is 1. The Morgan fingerprint density at radius 1 is 1.45 bits per heavy atom. The van der Waals surface area contributed by atoms with Crippen molar-refractivity contribution in [2.75, 3.05) is 18.0 Å². The van der Waals surface area contributed by atoms with Gasteiger partial charge in [0.25, 0.3) is 0 Å². The van der Waals surface area contributed by atoms with E-state index >= 15 is 0 Å². The first-order valence-corrected chi connectivity index (χ1v) is 7.37. The number of nitrogens with zero attached hydrogens (tertiary/aromatic N) is 1. The summed E-state index contributed by atoms with van der Waals surface area (Å²) in [6.07, 6.45) is 1.83. The number of nitrogens with two attached hydrogens (primary N) is 1. The molecule has 0 aliphatic carbocycles. The molecule has 0 radical (unpaired) electrons. The van der Waals surface area contributed by atoms with Gasteiger partial charge in [-0.25, -0.2) is 0 Å². The van der Waals surface area contributed by atoms with Gasteiger partial charge in [0.2, 0.25) is 5.91 Å². The normalized spacial score (nSPS) is 16.0. The van der Waals surface area contributed by atoms with Gasteiger partial charge < -0.3 is 16.0 Å². The third-order valence-corrected chi connectivity index (χ3v) is 3.92. The molecule has 0 spiro atoms. The number of thiocarbonyl (C=S) groups is 1. The van der Waals surface area contributed by atoms with Crippen molar-refractivity contribution in [1.29, 1.82) is 0 Å². The average Bonchev–Trinajstić information content (AvgIpc) is 2.39. The number of hydrogen-bond donors (Lipinski definition) is 2. The maximum Gasteiger partial charge on any atom is 0.217 e. The molecule has 0 bridgehead atoms. The van der Waals surface area contributed by atoms with Crippen LogP contribution in [0.25, 0.3) is 0 Å². The summed E-state index contributed by atoms with van der Waals surface area (Å²) in [5.41, 5.74) is 7.60. The summed E-state index contributed by atoms with van der Waals surface area (Å²) in [5.74, 6) is 0.0266. The molecule has 1 aliphatic heterocycles. The number of nitrogens with one attached hydrogen (secondary N) is 1. The maximum absolute atomic E-state index is 11.1. The van der Waals surface area contributed by atoms with Crippen LogP contribution in [0.5, 0.6) is 0 Å².